The van der Waals surface area contributed by atoms with Gasteiger partial charge in [0.05, 0.1) is 12.7 Å². The summed E-state index contributed by atoms with van der Waals surface area (Å²) < 4.78 is 11.1. The van der Waals surface area contributed by atoms with Gasteiger partial charge in [-0.1, -0.05) is 18.2 Å². The molecule has 172 valence electrons. The van der Waals surface area contributed by atoms with E-state index in [0.717, 1.165) is 16.8 Å². The van der Waals surface area contributed by atoms with E-state index in [0.29, 0.717) is 35.7 Å². The maximum atomic E-state index is 12.6. The van der Waals surface area contributed by atoms with Crippen LogP contribution >= 0.6 is 0 Å². The minimum Gasteiger partial charge on any atom is -0.493 e. The van der Waals surface area contributed by atoms with Crippen LogP contribution < -0.4 is 14.8 Å². The first-order valence-corrected chi connectivity index (χ1v) is 10.7. The molecule has 0 saturated heterocycles. The Hall–Kier alpha value is -3.94. The number of nitrogens with zero attached hydrogens (tertiary/aromatic N) is 3. The highest BCUT2D eigenvalue weighted by Gasteiger charge is 2.17. The normalized spacial score (nSPS) is 10.5. The van der Waals surface area contributed by atoms with Crippen LogP contribution in [-0.4, -0.2) is 46.9 Å². The van der Waals surface area contributed by atoms with Gasteiger partial charge in [-0.05, 0) is 57.0 Å². The van der Waals surface area contributed by atoms with Gasteiger partial charge in [-0.25, -0.2) is 9.97 Å². The number of benzene rings is 2. The number of aryl methyl sites for hydroxylation is 2. The quantitative estimate of drug-likeness (QED) is 0.540. The van der Waals surface area contributed by atoms with Gasteiger partial charge in [0.1, 0.15) is 0 Å². The second-order valence-corrected chi connectivity index (χ2v) is 7.42. The highest BCUT2D eigenvalue weighted by atomic mass is 16.5. The van der Waals surface area contributed by atoms with Gasteiger partial charge in [0.15, 0.2) is 11.5 Å². The Bertz CT molecular complexity index is 1120. The molecule has 1 aromatic heterocycles. The third-order valence-electron chi connectivity index (χ3n) is 5.27. The molecule has 0 bridgehead atoms. The van der Waals surface area contributed by atoms with E-state index in [-0.39, 0.29) is 17.8 Å². The van der Waals surface area contributed by atoms with Crippen molar-refractivity contribution in [1.29, 1.82) is 0 Å². The summed E-state index contributed by atoms with van der Waals surface area (Å²) in [5, 5.41) is 2.90. The van der Waals surface area contributed by atoms with E-state index in [2.05, 4.69) is 15.3 Å². The van der Waals surface area contributed by atoms with Crippen LogP contribution in [0.15, 0.2) is 48.8 Å². The number of para-hydroxylation sites is 1. The summed E-state index contributed by atoms with van der Waals surface area (Å²) >= 11 is 0. The summed E-state index contributed by atoms with van der Waals surface area (Å²) in [6.45, 7) is 8.97. The molecule has 1 N–H and O–H groups in total. The molecule has 0 fully saturated rings. The minimum absolute atomic E-state index is 0.0553. The average Bonchev–Trinajstić information content (AvgIpc) is 2.82. The van der Waals surface area contributed by atoms with E-state index < -0.39 is 0 Å². The fraction of sp³-hybridized carbons (Fsp3) is 0.280. The fourth-order valence-electron chi connectivity index (χ4n) is 3.36. The molecule has 3 aromatic rings. The van der Waals surface area contributed by atoms with Crippen molar-refractivity contribution >= 4 is 17.5 Å². The summed E-state index contributed by atoms with van der Waals surface area (Å²) in [6, 6.07) is 10.8. The lowest BCUT2D eigenvalue weighted by molar-refractivity contribution is 0.0772. The number of carbonyl (C=O) groups is 2. The molecule has 0 atom stereocenters. The number of rotatable bonds is 8. The first kappa shape index (κ1) is 23.7. The van der Waals surface area contributed by atoms with Gasteiger partial charge in [0, 0.05) is 36.7 Å². The third-order valence-corrected chi connectivity index (χ3v) is 5.27. The van der Waals surface area contributed by atoms with Crippen molar-refractivity contribution in [3.63, 3.8) is 0 Å². The highest BCUT2D eigenvalue weighted by molar-refractivity contribution is 6.04. The zero-order valence-electron chi connectivity index (χ0n) is 19.5. The van der Waals surface area contributed by atoms with Gasteiger partial charge in [0.25, 0.3) is 11.8 Å². The zero-order valence-corrected chi connectivity index (χ0v) is 19.5. The van der Waals surface area contributed by atoms with Crippen LogP contribution in [0.5, 0.6) is 17.5 Å². The first-order chi connectivity index (χ1) is 15.9. The fourth-order valence-corrected chi connectivity index (χ4v) is 3.36. The number of methoxy groups -OCH3 is 1. The molecule has 2 aromatic carbocycles. The molecule has 33 heavy (non-hydrogen) atoms. The van der Waals surface area contributed by atoms with Crippen molar-refractivity contribution < 1.29 is 19.1 Å². The summed E-state index contributed by atoms with van der Waals surface area (Å²) in [4.78, 5) is 35.2. The van der Waals surface area contributed by atoms with E-state index in [1.165, 1.54) is 19.5 Å². The van der Waals surface area contributed by atoms with Gasteiger partial charge in [-0.15, -0.1) is 0 Å². The predicted octanol–water partition coefficient (Wildman–Crippen LogP) is 4.63. The monoisotopic (exact) mass is 448 g/mol. The molecule has 0 radical (unpaired) electrons. The van der Waals surface area contributed by atoms with Crippen LogP contribution in [0.25, 0.3) is 0 Å². The van der Waals surface area contributed by atoms with Gasteiger partial charge < -0.3 is 19.7 Å². The number of nitrogens with one attached hydrogen (secondary N) is 1. The second kappa shape index (κ2) is 10.6. The lowest BCUT2D eigenvalue weighted by Gasteiger charge is -2.19. The maximum absolute atomic E-state index is 12.6. The van der Waals surface area contributed by atoms with Crippen molar-refractivity contribution in [3.8, 4) is 17.5 Å². The van der Waals surface area contributed by atoms with Crippen LogP contribution in [0.3, 0.4) is 0 Å². The summed E-state index contributed by atoms with van der Waals surface area (Å²) in [6.07, 6.45) is 2.80. The first-order valence-electron chi connectivity index (χ1n) is 10.7. The lowest BCUT2D eigenvalue weighted by atomic mass is 10.1. The Labute approximate surface area is 193 Å². The number of aromatic nitrogens is 2. The van der Waals surface area contributed by atoms with Crippen LogP contribution in [0.2, 0.25) is 0 Å². The Morgan fingerprint density at radius 1 is 0.939 bits per heavy atom. The molecular formula is C25H28N4O4. The third kappa shape index (κ3) is 5.46. The number of hydrogen-bond acceptors (Lipinski definition) is 6. The van der Waals surface area contributed by atoms with Crippen LogP contribution in [0.4, 0.5) is 5.69 Å². The Balaban J connectivity index is 1.74. The van der Waals surface area contributed by atoms with E-state index in [4.69, 9.17) is 9.47 Å². The number of ether oxygens (including phenoxy) is 2. The Morgan fingerprint density at radius 3 is 2.15 bits per heavy atom. The second-order valence-electron chi connectivity index (χ2n) is 7.42. The van der Waals surface area contributed by atoms with Crippen molar-refractivity contribution in [2.45, 2.75) is 27.7 Å². The molecular weight excluding hydrogens is 420 g/mol. The van der Waals surface area contributed by atoms with Crippen molar-refractivity contribution in [2.24, 2.45) is 0 Å². The summed E-state index contributed by atoms with van der Waals surface area (Å²) in [5.74, 6) is 0.353. The van der Waals surface area contributed by atoms with Gasteiger partial charge in [-0.3, -0.25) is 9.59 Å². The van der Waals surface area contributed by atoms with Crippen molar-refractivity contribution in [3.05, 3.63) is 71.0 Å². The smallest absolute Gasteiger partial charge is 0.322 e. The molecule has 3 rings (SSSR count). The lowest BCUT2D eigenvalue weighted by Crippen LogP contribution is -2.30. The van der Waals surface area contributed by atoms with Crippen LogP contribution in [0, 0.1) is 13.8 Å². The topological polar surface area (TPSA) is 93.7 Å². The molecule has 0 aliphatic heterocycles. The van der Waals surface area contributed by atoms with E-state index in [1.54, 1.807) is 23.1 Å². The van der Waals surface area contributed by atoms with Gasteiger partial charge in [0.2, 0.25) is 0 Å². The number of amides is 2. The summed E-state index contributed by atoms with van der Waals surface area (Å²) in [7, 11) is 1.50. The minimum atomic E-state index is -0.309. The average molecular weight is 449 g/mol. The van der Waals surface area contributed by atoms with Gasteiger partial charge in [-0.2, -0.15) is 0 Å². The molecule has 0 unspecified atom stereocenters. The Kier molecular flexibility index (Phi) is 7.61. The molecule has 0 saturated carbocycles. The largest absolute Gasteiger partial charge is 0.493 e. The SMILES string of the molecule is CCN(CC)C(=O)c1ccc(Oc2ncc(C(=O)Nc3c(C)cccc3C)cn2)c(OC)c1. The van der Waals surface area contributed by atoms with Crippen LogP contribution in [0.1, 0.15) is 45.7 Å². The van der Waals surface area contributed by atoms with Crippen molar-refractivity contribution in [2.75, 3.05) is 25.5 Å². The number of carbonyl (C=O) groups excluding carboxylic acids is 2. The number of hydrogen-bond donors (Lipinski definition) is 1. The van der Waals surface area contributed by atoms with E-state index >= 15 is 0 Å². The van der Waals surface area contributed by atoms with E-state index in [1.807, 2.05) is 45.9 Å². The van der Waals surface area contributed by atoms with Gasteiger partial charge >= 0.3 is 6.01 Å². The zero-order chi connectivity index (χ0) is 24.0. The number of anilines is 1. The molecule has 8 heteroatoms. The Morgan fingerprint density at radius 2 is 1.58 bits per heavy atom. The van der Waals surface area contributed by atoms with E-state index in [9.17, 15) is 9.59 Å². The molecule has 0 spiro atoms. The maximum Gasteiger partial charge on any atom is 0.322 e. The molecule has 2 amide bonds. The molecule has 0 aliphatic carbocycles. The predicted molar refractivity (Wildman–Crippen MR) is 126 cm³/mol. The molecule has 1 heterocycles. The molecule has 8 nitrogen and oxygen atoms in total. The van der Waals surface area contributed by atoms with Crippen LogP contribution in [-0.2, 0) is 0 Å². The summed E-state index contributed by atoms with van der Waals surface area (Å²) in [5.41, 5.74) is 3.52. The van der Waals surface area contributed by atoms with Crippen molar-refractivity contribution in [1.82, 2.24) is 14.9 Å². The standard InChI is InChI=1S/C25H28N4O4/c1-6-29(7-2)24(31)18-11-12-20(21(13-18)32-5)33-25-26-14-19(15-27-25)23(30)28-22-16(3)9-8-10-17(22)4/h8-15H,6-7H2,1-5H3,(H,28,30). The molecule has 0 aliphatic rings. The highest BCUT2D eigenvalue weighted by Crippen LogP contribution is 2.31.